The summed E-state index contributed by atoms with van der Waals surface area (Å²) in [5.74, 6) is -0.820. The number of imidazole rings is 1. The molecule has 0 bridgehead atoms. The Hall–Kier alpha value is -1.75. The largest absolute Gasteiger partial charge is 0.481 e. The van der Waals surface area contributed by atoms with Gasteiger partial charge in [-0.25, -0.2) is 4.98 Å². The zero-order valence-electron chi connectivity index (χ0n) is 10.3. The third-order valence-corrected chi connectivity index (χ3v) is 3.52. The lowest BCUT2D eigenvalue weighted by Crippen LogP contribution is -2.04. The average molecular weight is 262 g/mol. The standard InChI is InChI=1S/C13H14N2O2S/c1-9-5-3-4-6-11(9)15-10(2)7-14-13(15)18-8-12(16)17/h3-7H,8H2,1-2H3,(H,16,17). The molecule has 0 saturated carbocycles. The molecule has 0 amide bonds. The number of para-hydroxylation sites is 1. The summed E-state index contributed by atoms with van der Waals surface area (Å²) in [6.07, 6.45) is 1.76. The second-order valence-electron chi connectivity index (χ2n) is 3.99. The smallest absolute Gasteiger partial charge is 0.313 e. The van der Waals surface area contributed by atoms with Gasteiger partial charge in [-0.05, 0) is 25.5 Å². The van der Waals surface area contributed by atoms with Gasteiger partial charge in [0.05, 0.1) is 11.4 Å². The van der Waals surface area contributed by atoms with E-state index in [2.05, 4.69) is 4.98 Å². The molecule has 94 valence electrons. The number of benzene rings is 1. The van der Waals surface area contributed by atoms with Crippen LogP contribution in [-0.2, 0) is 4.79 Å². The van der Waals surface area contributed by atoms with E-state index in [1.165, 1.54) is 11.8 Å². The van der Waals surface area contributed by atoms with Crippen LogP contribution in [0, 0.1) is 13.8 Å². The van der Waals surface area contributed by atoms with E-state index in [9.17, 15) is 4.79 Å². The summed E-state index contributed by atoms with van der Waals surface area (Å²) < 4.78 is 1.99. The number of hydrogen-bond acceptors (Lipinski definition) is 3. The predicted octanol–water partition coefficient (Wildman–Crippen LogP) is 2.67. The maximum Gasteiger partial charge on any atom is 0.313 e. The van der Waals surface area contributed by atoms with Crippen LogP contribution in [0.1, 0.15) is 11.3 Å². The molecule has 0 aliphatic rings. The molecule has 0 saturated heterocycles. The molecule has 1 heterocycles. The fourth-order valence-electron chi connectivity index (χ4n) is 1.75. The van der Waals surface area contributed by atoms with Crippen molar-refractivity contribution in [2.45, 2.75) is 19.0 Å². The van der Waals surface area contributed by atoms with E-state index in [0.717, 1.165) is 16.9 Å². The minimum atomic E-state index is -0.836. The number of hydrogen-bond donors (Lipinski definition) is 1. The maximum absolute atomic E-state index is 10.6. The number of carboxylic acids is 1. The van der Waals surface area contributed by atoms with Crippen molar-refractivity contribution in [2.75, 3.05) is 5.75 Å². The quantitative estimate of drug-likeness (QED) is 0.861. The first kappa shape index (κ1) is 12.7. The van der Waals surface area contributed by atoms with Crippen LogP contribution in [0.2, 0.25) is 0 Å². The van der Waals surface area contributed by atoms with Crippen molar-refractivity contribution < 1.29 is 9.90 Å². The van der Waals surface area contributed by atoms with Crippen LogP contribution < -0.4 is 0 Å². The highest BCUT2D eigenvalue weighted by molar-refractivity contribution is 7.99. The van der Waals surface area contributed by atoms with Crippen molar-refractivity contribution in [1.29, 1.82) is 0 Å². The number of nitrogens with zero attached hydrogens (tertiary/aromatic N) is 2. The first-order valence-corrected chi connectivity index (χ1v) is 6.53. The Morgan fingerprint density at radius 2 is 2.11 bits per heavy atom. The maximum atomic E-state index is 10.6. The molecule has 1 aromatic heterocycles. The summed E-state index contributed by atoms with van der Waals surface area (Å²) in [5.41, 5.74) is 3.17. The van der Waals surface area contributed by atoms with Crippen molar-refractivity contribution in [2.24, 2.45) is 0 Å². The molecule has 0 atom stereocenters. The van der Waals surface area contributed by atoms with Crippen LogP contribution in [0.15, 0.2) is 35.6 Å². The van der Waals surface area contributed by atoms with Gasteiger partial charge in [0.25, 0.3) is 0 Å². The van der Waals surface area contributed by atoms with Gasteiger partial charge in [0, 0.05) is 11.9 Å². The Morgan fingerprint density at radius 3 is 2.78 bits per heavy atom. The number of aromatic nitrogens is 2. The van der Waals surface area contributed by atoms with Gasteiger partial charge in [-0.3, -0.25) is 9.36 Å². The van der Waals surface area contributed by atoms with Gasteiger partial charge in [-0.15, -0.1) is 0 Å². The second-order valence-corrected chi connectivity index (χ2v) is 4.93. The van der Waals surface area contributed by atoms with Crippen LogP contribution in [0.3, 0.4) is 0 Å². The summed E-state index contributed by atoms with van der Waals surface area (Å²) in [7, 11) is 0. The first-order valence-electron chi connectivity index (χ1n) is 5.54. The molecule has 1 aromatic carbocycles. The number of aryl methyl sites for hydroxylation is 2. The summed E-state index contributed by atoms with van der Waals surface area (Å²) in [6.45, 7) is 3.99. The zero-order chi connectivity index (χ0) is 13.1. The van der Waals surface area contributed by atoms with E-state index in [0.29, 0.717) is 5.16 Å². The monoisotopic (exact) mass is 262 g/mol. The molecule has 0 spiro atoms. The summed E-state index contributed by atoms with van der Waals surface area (Å²) in [4.78, 5) is 14.9. The molecule has 2 aromatic rings. The van der Waals surface area contributed by atoms with E-state index in [-0.39, 0.29) is 5.75 Å². The van der Waals surface area contributed by atoms with E-state index >= 15 is 0 Å². The Morgan fingerprint density at radius 1 is 1.39 bits per heavy atom. The lowest BCUT2D eigenvalue weighted by Gasteiger charge is -2.11. The van der Waals surface area contributed by atoms with E-state index in [4.69, 9.17) is 5.11 Å². The van der Waals surface area contributed by atoms with Gasteiger partial charge < -0.3 is 5.11 Å². The fourth-order valence-corrected chi connectivity index (χ4v) is 2.50. The Kier molecular flexibility index (Phi) is 3.72. The second kappa shape index (κ2) is 5.27. The highest BCUT2D eigenvalue weighted by Crippen LogP contribution is 2.24. The Labute approximate surface area is 110 Å². The SMILES string of the molecule is Cc1ccccc1-n1c(C)cnc1SCC(=O)O. The first-order chi connectivity index (χ1) is 8.59. The summed E-state index contributed by atoms with van der Waals surface area (Å²) >= 11 is 1.23. The van der Waals surface area contributed by atoms with E-state index < -0.39 is 5.97 Å². The van der Waals surface area contributed by atoms with Crippen LogP contribution in [0.5, 0.6) is 0 Å². The lowest BCUT2D eigenvalue weighted by molar-refractivity contribution is -0.133. The van der Waals surface area contributed by atoms with Gasteiger partial charge in [0.15, 0.2) is 5.16 Å². The van der Waals surface area contributed by atoms with Gasteiger partial charge in [-0.1, -0.05) is 30.0 Å². The molecule has 18 heavy (non-hydrogen) atoms. The number of aliphatic carboxylic acids is 1. The predicted molar refractivity (Wildman–Crippen MR) is 71.4 cm³/mol. The van der Waals surface area contributed by atoms with Crippen molar-refractivity contribution in [3.05, 3.63) is 41.7 Å². The van der Waals surface area contributed by atoms with Crippen LogP contribution >= 0.6 is 11.8 Å². The molecule has 0 aliphatic heterocycles. The van der Waals surface area contributed by atoms with Gasteiger partial charge in [0.2, 0.25) is 0 Å². The average Bonchev–Trinajstić information content (AvgIpc) is 2.69. The van der Waals surface area contributed by atoms with Crippen molar-refractivity contribution in [1.82, 2.24) is 9.55 Å². The van der Waals surface area contributed by atoms with Crippen LogP contribution in [-0.4, -0.2) is 26.4 Å². The topological polar surface area (TPSA) is 55.1 Å². The molecule has 4 nitrogen and oxygen atoms in total. The molecule has 0 radical (unpaired) electrons. The Bertz CT molecular complexity index is 578. The van der Waals surface area contributed by atoms with Crippen molar-refractivity contribution in [3.63, 3.8) is 0 Å². The molecule has 1 N–H and O–H groups in total. The molecule has 0 unspecified atom stereocenters. The van der Waals surface area contributed by atoms with Crippen LogP contribution in [0.25, 0.3) is 5.69 Å². The number of rotatable bonds is 4. The highest BCUT2D eigenvalue weighted by atomic mass is 32.2. The third-order valence-electron chi connectivity index (χ3n) is 2.59. The van der Waals surface area contributed by atoms with Crippen molar-refractivity contribution in [3.8, 4) is 5.69 Å². The van der Waals surface area contributed by atoms with Crippen LogP contribution in [0.4, 0.5) is 0 Å². The fraction of sp³-hybridized carbons (Fsp3) is 0.231. The van der Waals surface area contributed by atoms with Gasteiger partial charge >= 0.3 is 5.97 Å². The molecule has 0 fully saturated rings. The third kappa shape index (κ3) is 2.56. The molecule has 5 heteroatoms. The van der Waals surface area contributed by atoms with Gasteiger partial charge in [0.1, 0.15) is 0 Å². The minimum Gasteiger partial charge on any atom is -0.481 e. The summed E-state index contributed by atoms with van der Waals surface area (Å²) in [5, 5.41) is 9.45. The Balaban J connectivity index is 2.41. The number of thioether (sulfide) groups is 1. The lowest BCUT2D eigenvalue weighted by atomic mass is 10.2. The normalized spacial score (nSPS) is 10.6. The highest BCUT2D eigenvalue weighted by Gasteiger charge is 2.12. The number of carbonyl (C=O) groups is 1. The minimum absolute atomic E-state index is 0.0162. The molecule has 0 aliphatic carbocycles. The van der Waals surface area contributed by atoms with E-state index in [1.807, 2.05) is 42.7 Å². The molecular formula is C13H14N2O2S. The van der Waals surface area contributed by atoms with Gasteiger partial charge in [-0.2, -0.15) is 0 Å². The van der Waals surface area contributed by atoms with Crippen molar-refractivity contribution >= 4 is 17.7 Å². The molecular weight excluding hydrogens is 248 g/mol. The zero-order valence-corrected chi connectivity index (χ0v) is 11.1. The van der Waals surface area contributed by atoms with E-state index in [1.54, 1.807) is 6.20 Å². The molecule has 2 rings (SSSR count). The summed E-state index contributed by atoms with van der Waals surface area (Å²) in [6, 6.07) is 7.98. The number of carboxylic acid groups (broad SMARTS) is 1.